The van der Waals surface area contributed by atoms with E-state index in [9.17, 15) is 18.0 Å². The monoisotopic (exact) mass is 407 g/mol. The summed E-state index contributed by atoms with van der Waals surface area (Å²) >= 11 is 0. The molecule has 1 heterocycles. The molecule has 1 N–H and O–H groups in total. The second kappa shape index (κ2) is 7.83. The highest BCUT2D eigenvalue weighted by Gasteiger charge is 2.49. The number of benzene rings is 1. The standard InChI is InChI=1S/C20H29N3O4S/c1-15-8-10-16(11-9-15)12-23-18(24)13-22(28(3,26)27)14-20(23,2)19(25)21-17-6-4-5-7-17/h8-11,17H,4-7,12-14H2,1-3H3,(H,21,25)/t20-/m1/s1. The number of hydrogen-bond acceptors (Lipinski definition) is 4. The van der Waals surface area contributed by atoms with Crippen LogP contribution in [-0.2, 0) is 26.2 Å². The van der Waals surface area contributed by atoms with Crippen LogP contribution in [0.4, 0.5) is 0 Å². The van der Waals surface area contributed by atoms with Crippen LogP contribution in [-0.4, -0.2) is 60.4 Å². The number of nitrogens with one attached hydrogen (secondary N) is 1. The molecule has 0 bridgehead atoms. The van der Waals surface area contributed by atoms with Crippen molar-refractivity contribution in [3.05, 3.63) is 35.4 Å². The maximum absolute atomic E-state index is 13.2. The van der Waals surface area contributed by atoms with Gasteiger partial charge in [0.2, 0.25) is 21.8 Å². The zero-order valence-electron chi connectivity index (χ0n) is 16.8. The van der Waals surface area contributed by atoms with E-state index < -0.39 is 15.6 Å². The van der Waals surface area contributed by atoms with Gasteiger partial charge in [0.25, 0.3) is 0 Å². The van der Waals surface area contributed by atoms with Crippen molar-refractivity contribution < 1.29 is 18.0 Å². The lowest BCUT2D eigenvalue weighted by atomic mass is 9.94. The molecule has 1 aliphatic heterocycles. The number of sulfonamides is 1. The first kappa shape index (κ1) is 20.8. The van der Waals surface area contributed by atoms with Gasteiger partial charge < -0.3 is 10.2 Å². The third-order valence-corrected chi connectivity index (χ3v) is 7.00. The Labute approximate surface area is 167 Å². The zero-order valence-corrected chi connectivity index (χ0v) is 17.6. The predicted octanol–water partition coefficient (Wildman–Crippen LogP) is 1.42. The number of piperazine rings is 1. The summed E-state index contributed by atoms with van der Waals surface area (Å²) in [5.41, 5.74) is 0.761. The lowest BCUT2D eigenvalue weighted by Gasteiger charge is -2.47. The van der Waals surface area contributed by atoms with Crippen LogP contribution >= 0.6 is 0 Å². The Morgan fingerprint density at radius 1 is 1.21 bits per heavy atom. The fraction of sp³-hybridized carbons (Fsp3) is 0.600. The van der Waals surface area contributed by atoms with Gasteiger partial charge in [-0.05, 0) is 32.3 Å². The van der Waals surface area contributed by atoms with Crippen LogP contribution in [0.25, 0.3) is 0 Å². The molecule has 1 atom stereocenters. The number of nitrogens with zero attached hydrogens (tertiary/aromatic N) is 2. The van der Waals surface area contributed by atoms with Crippen molar-refractivity contribution in [2.75, 3.05) is 19.3 Å². The van der Waals surface area contributed by atoms with Gasteiger partial charge in [0.1, 0.15) is 5.54 Å². The van der Waals surface area contributed by atoms with E-state index in [1.165, 1.54) is 4.90 Å². The fourth-order valence-electron chi connectivity index (χ4n) is 3.97. The number of amides is 2. The summed E-state index contributed by atoms with van der Waals surface area (Å²) in [6, 6.07) is 7.88. The lowest BCUT2D eigenvalue weighted by molar-refractivity contribution is -0.154. The predicted molar refractivity (Wildman–Crippen MR) is 107 cm³/mol. The van der Waals surface area contributed by atoms with Crippen LogP contribution in [0.15, 0.2) is 24.3 Å². The minimum Gasteiger partial charge on any atom is -0.351 e. The molecule has 1 aliphatic carbocycles. The molecule has 28 heavy (non-hydrogen) atoms. The van der Waals surface area contributed by atoms with Gasteiger partial charge in [0.05, 0.1) is 12.8 Å². The number of hydrogen-bond donors (Lipinski definition) is 1. The molecule has 2 amide bonds. The molecule has 154 valence electrons. The van der Waals surface area contributed by atoms with Gasteiger partial charge in [-0.3, -0.25) is 9.59 Å². The number of rotatable bonds is 5. The highest BCUT2D eigenvalue weighted by Crippen LogP contribution is 2.28. The van der Waals surface area contributed by atoms with Gasteiger partial charge in [-0.25, -0.2) is 8.42 Å². The Kier molecular flexibility index (Phi) is 5.82. The molecule has 8 heteroatoms. The van der Waals surface area contributed by atoms with Crippen LogP contribution < -0.4 is 5.32 Å². The van der Waals surface area contributed by atoms with E-state index in [2.05, 4.69) is 5.32 Å². The van der Waals surface area contributed by atoms with E-state index in [4.69, 9.17) is 0 Å². The van der Waals surface area contributed by atoms with Gasteiger partial charge in [-0.15, -0.1) is 0 Å². The topological polar surface area (TPSA) is 86.8 Å². The van der Waals surface area contributed by atoms with Gasteiger partial charge in [-0.2, -0.15) is 4.31 Å². The van der Waals surface area contributed by atoms with Crippen molar-refractivity contribution in [1.82, 2.24) is 14.5 Å². The van der Waals surface area contributed by atoms with Crippen molar-refractivity contribution in [2.24, 2.45) is 0 Å². The Morgan fingerprint density at radius 2 is 1.82 bits per heavy atom. The van der Waals surface area contributed by atoms with E-state index in [1.807, 2.05) is 31.2 Å². The van der Waals surface area contributed by atoms with Gasteiger partial charge in [0.15, 0.2) is 0 Å². The SMILES string of the molecule is Cc1ccc(CN2C(=O)CN(S(C)(=O)=O)C[C@]2(C)C(=O)NC2CCCC2)cc1. The normalized spacial score (nSPS) is 24.5. The molecule has 2 aliphatic rings. The Balaban J connectivity index is 1.90. The summed E-state index contributed by atoms with van der Waals surface area (Å²) in [4.78, 5) is 27.7. The number of aryl methyl sites for hydroxylation is 1. The molecule has 1 saturated carbocycles. The van der Waals surface area contributed by atoms with E-state index in [0.717, 1.165) is 47.4 Å². The maximum Gasteiger partial charge on any atom is 0.247 e. The summed E-state index contributed by atoms with van der Waals surface area (Å²) in [7, 11) is -3.59. The van der Waals surface area contributed by atoms with Crippen molar-refractivity contribution in [3.63, 3.8) is 0 Å². The average molecular weight is 408 g/mol. The Hall–Kier alpha value is -1.93. The summed E-state index contributed by atoms with van der Waals surface area (Å²) < 4.78 is 25.3. The molecule has 1 saturated heterocycles. The molecular formula is C20H29N3O4S. The smallest absolute Gasteiger partial charge is 0.247 e. The zero-order chi connectivity index (χ0) is 20.5. The molecule has 0 radical (unpaired) electrons. The van der Waals surface area contributed by atoms with Gasteiger partial charge in [-0.1, -0.05) is 42.7 Å². The minimum absolute atomic E-state index is 0.0397. The maximum atomic E-state index is 13.2. The Morgan fingerprint density at radius 3 is 2.39 bits per heavy atom. The van der Waals surface area contributed by atoms with Crippen LogP contribution in [0, 0.1) is 6.92 Å². The molecule has 1 aromatic carbocycles. The largest absolute Gasteiger partial charge is 0.351 e. The molecule has 3 rings (SSSR count). The van der Waals surface area contributed by atoms with Crippen LogP contribution in [0.1, 0.15) is 43.7 Å². The van der Waals surface area contributed by atoms with Crippen molar-refractivity contribution >= 4 is 21.8 Å². The van der Waals surface area contributed by atoms with E-state index in [-0.39, 0.29) is 37.5 Å². The van der Waals surface area contributed by atoms with Gasteiger partial charge >= 0.3 is 0 Å². The van der Waals surface area contributed by atoms with Crippen LogP contribution in [0.2, 0.25) is 0 Å². The quantitative estimate of drug-likeness (QED) is 0.800. The molecule has 2 fully saturated rings. The molecule has 0 aromatic heterocycles. The molecule has 1 aromatic rings. The number of carbonyl (C=O) groups excluding carboxylic acids is 2. The molecule has 0 spiro atoms. The highest BCUT2D eigenvalue weighted by molar-refractivity contribution is 7.88. The van der Waals surface area contributed by atoms with Crippen molar-refractivity contribution in [2.45, 2.75) is 57.7 Å². The van der Waals surface area contributed by atoms with E-state index in [1.54, 1.807) is 6.92 Å². The van der Waals surface area contributed by atoms with E-state index >= 15 is 0 Å². The first-order chi connectivity index (χ1) is 13.1. The first-order valence-corrected chi connectivity index (χ1v) is 11.6. The third-order valence-electron chi connectivity index (χ3n) is 5.80. The van der Waals surface area contributed by atoms with Crippen LogP contribution in [0.3, 0.4) is 0 Å². The summed E-state index contributed by atoms with van der Waals surface area (Å²) in [5.74, 6) is -0.644. The average Bonchev–Trinajstić information content (AvgIpc) is 3.11. The number of carbonyl (C=O) groups is 2. The fourth-order valence-corrected chi connectivity index (χ4v) is 4.81. The minimum atomic E-state index is -3.59. The van der Waals surface area contributed by atoms with E-state index in [0.29, 0.717) is 0 Å². The lowest BCUT2D eigenvalue weighted by Crippen LogP contribution is -2.69. The summed E-state index contributed by atoms with van der Waals surface area (Å²) in [6.07, 6.45) is 5.06. The Bertz CT molecular complexity index is 847. The molecule has 7 nitrogen and oxygen atoms in total. The van der Waals surface area contributed by atoms with Crippen molar-refractivity contribution in [1.29, 1.82) is 0 Å². The summed E-state index contributed by atoms with van der Waals surface area (Å²) in [6.45, 7) is 3.64. The van der Waals surface area contributed by atoms with Crippen molar-refractivity contribution in [3.8, 4) is 0 Å². The molecule has 0 unspecified atom stereocenters. The second-order valence-corrected chi connectivity index (χ2v) is 10.2. The highest BCUT2D eigenvalue weighted by atomic mass is 32.2. The first-order valence-electron chi connectivity index (χ1n) is 9.72. The summed E-state index contributed by atoms with van der Waals surface area (Å²) in [5, 5.41) is 3.05. The second-order valence-electron chi connectivity index (χ2n) is 8.23. The van der Waals surface area contributed by atoms with Gasteiger partial charge in [0, 0.05) is 19.1 Å². The third kappa shape index (κ3) is 4.38. The van der Waals surface area contributed by atoms with Crippen LogP contribution in [0.5, 0.6) is 0 Å². The molecular weight excluding hydrogens is 378 g/mol.